The van der Waals surface area contributed by atoms with E-state index in [0.717, 1.165) is 6.04 Å². The summed E-state index contributed by atoms with van der Waals surface area (Å²) in [6.45, 7) is 4.72. The van der Waals surface area contributed by atoms with Crippen molar-refractivity contribution in [3.63, 3.8) is 0 Å². The maximum atomic E-state index is 10.5. The van der Waals surface area contributed by atoms with Crippen LogP contribution in [0.4, 0.5) is 0 Å². The average molecular weight is 265 g/mol. The van der Waals surface area contributed by atoms with E-state index in [0.29, 0.717) is 5.41 Å². The molecular formula is C15H23NO3. The summed E-state index contributed by atoms with van der Waals surface area (Å²) in [5, 5.41) is 18.8. The lowest BCUT2D eigenvalue weighted by atomic mass is 9.76. The van der Waals surface area contributed by atoms with Crippen LogP contribution in [-0.4, -0.2) is 17.1 Å². The summed E-state index contributed by atoms with van der Waals surface area (Å²) in [7, 11) is 0. The number of carbonyl (C=O) groups is 1. The van der Waals surface area contributed by atoms with Crippen LogP contribution >= 0.6 is 0 Å². The number of carboxylic acids is 1. The zero-order valence-electron chi connectivity index (χ0n) is 11.7. The summed E-state index contributed by atoms with van der Waals surface area (Å²) in [4.78, 5) is 10.2. The van der Waals surface area contributed by atoms with Gasteiger partial charge in [-0.1, -0.05) is 26.0 Å². The van der Waals surface area contributed by atoms with E-state index in [1.54, 1.807) is 0 Å². The van der Waals surface area contributed by atoms with E-state index in [9.17, 15) is 9.90 Å². The molecule has 0 unspecified atom stereocenters. The highest BCUT2D eigenvalue weighted by atomic mass is 16.4. The summed E-state index contributed by atoms with van der Waals surface area (Å²) in [5.74, 6) is -1.19. The molecule has 0 saturated heterocycles. The van der Waals surface area contributed by atoms with Gasteiger partial charge in [-0.2, -0.15) is 0 Å². The van der Waals surface area contributed by atoms with Crippen molar-refractivity contribution in [2.75, 3.05) is 0 Å². The van der Waals surface area contributed by atoms with Crippen molar-refractivity contribution < 1.29 is 20.7 Å². The van der Waals surface area contributed by atoms with Gasteiger partial charge in [-0.25, -0.2) is 4.79 Å². The first-order valence-electron chi connectivity index (χ1n) is 6.64. The van der Waals surface area contributed by atoms with Gasteiger partial charge in [0, 0.05) is 0 Å². The standard InChI is InChI=1S/C8H17N.C7H6O3/c1-8(2)5-3-7(9)4-6-8;8-6-3-1-5(2-4-6)7(9)10/h7H,3-6,9H2,1-2H3;1-4,8H,(H,9,10). The van der Waals surface area contributed by atoms with Gasteiger partial charge in [-0.3, -0.25) is 0 Å². The Kier molecular flexibility index (Phi) is 5.36. The highest BCUT2D eigenvalue weighted by Gasteiger charge is 2.26. The minimum absolute atomic E-state index is 0.139. The van der Waals surface area contributed by atoms with Gasteiger partial charge >= 0.3 is 5.97 Å². The minimum Gasteiger partial charge on any atom is -0.872 e. The summed E-state index contributed by atoms with van der Waals surface area (Å²) in [5.41, 5.74) is 4.82. The molecule has 0 aliphatic heterocycles. The third kappa shape index (κ3) is 5.75. The monoisotopic (exact) mass is 265 g/mol. The molecule has 1 saturated carbocycles. The van der Waals surface area contributed by atoms with Gasteiger partial charge < -0.3 is 15.9 Å². The molecule has 19 heavy (non-hydrogen) atoms. The van der Waals surface area contributed by atoms with Crippen LogP contribution in [-0.2, 0) is 0 Å². The van der Waals surface area contributed by atoms with Crippen LogP contribution in [0, 0.1) is 5.41 Å². The fourth-order valence-electron chi connectivity index (χ4n) is 2.06. The predicted octanol–water partition coefficient (Wildman–Crippen LogP) is 1.66. The van der Waals surface area contributed by atoms with Crippen LogP contribution < -0.4 is 10.8 Å². The van der Waals surface area contributed by atoms with Gasteiger partial charge in [0.2, 0.25) is 0 Å². The maximum Gasteiger partial charge on any atom is 0.335 e. The van der Waals surface area contributed by atoms with Crippen LogP contribution in [0.5, 0.6) is 5.75 Å². The lowest BCUT2D eigenvalue weighted by molar-refractivity contribution is -0.427. The van der Waals surface area contributed by atoms with Gasteiger partial charge in [0.15, 0.2) is 0 Å². The van der Waals surface area contributed by atoms with Crippen LogP contribution in [0.3, 0.4) is 0 Å². The molecule has 0 atom stereocenters. The van der Waals surface area contributed by atoms with Crippen LogP contribution in [0.2, 0.25) is 0 Å². The molecule has 0 spiro atoms. The molecule has 2 rings (SSSR count). The van der Waals surface area contributed by atoms with Crippen molar-refractivity contribution in [3.8, 4) is 5.75 Å². The molecule has 0 bridgehead atoms. The quantitative estimate of drug-likeness (QED) is 0.809. The van der Waals surface area contributed by atoms with Gasteiger partial charge in [0.05, 0.1) is 11.6 Å². The second kappa shape index (κ2) is 6.57. The molecule has 1 aromatic rings. The Bertz CT molecular complexity index is 402. The first-order chi connectivity index (χ1) is 8.80. The van der Waals surface area contributed by atoms with Gasteiger partial charge in [-0.05, 0) is 43.2 Å². The minimum atomic E-state index is -1.01. The van der Waals surface area contributed by atoms with Gasteiger partial charge in [0.1, 0.15) is 0 Å². The Morgan fingerprint density at radius 3 is 2.11 bits per heavy atom. The molecule has 1 aliphatic rings. The Hall–Kier alpha value is -1.55. The number of carboxylic acid groups (broad SMARTS) is 1. The van der Waals surface area contributed by atoms with Crippen LogP contribution in [0.15, 0.2) is 24.3 Å². The molecule has 0 heterocycles. The van der Waals surface area contributed by atoms with Crippen molar-refractivity contribution in [2.45, 2.75) is 45.6 Å². The number of benzene rings is 1. The molecule has 0 amide bonds. The van der Waals surface area contributed by atoms with E-state index < -0.39 is 5.97 Å². The van der Waals surface area contributed by atoms with Crippen molar-refractivity contribution in [1.82, 2.24) is 0 Å². The number of quaternary nitrogens is 1. The lowest BCUT2D eigenvalue weighted by Gasteiger charge is -2.30. The van der Waals surface area contributed by atoms with E-state index in [1.165, 1.54) is 49.9 Å². The zero-order chi connectivity index (χ0) is 14.5. The van der Waals surface area contributed by atoms with Crippen LogP contribution in [0.1, 0.15) is 49.9 Å². The Morgan fingerprint density at radius 2 is 1.74 bits per heavy atom. The van der Waals surface area contributed by atoms with E-state index in [4.69, 9.17) is 5.11 Å². The van der Waals surface area contributed by atoms with Crippen molar-refractivity contribution in [3.05, 3.63) is 29.8 Å². The van der Waals surface area contributed by atoms with Crippen molar-refractivity contribution in [2.24, 2.45) is 5.41 Å². The Balaban J connectivity index is 0.000000191. The molecule has 4 nitrogen and oxygen atoms in total. The van der Waals surface area contributed by atoms with E-state index in [1.807, 2.05) is 0 Å². The highest BCUT2D eigenvalue weighted by Crippen LogP contribution is 2.33. The Labute approximate surface area is 114 Å². The molecule has 1 aliphatic carbocycles. The molecule has 1 fully saturated rings. The molecule has 4 N–H and O–H groups in total. The first-order valence-corrected chi connectivity index (χ1v) is 6.64. The normalized spacial score (nSPS) is 18.3. The van der Waals surface area contributed by atoms with Gasteiger partial charge in [-0.15, -0.1) is 5.75 Å². The molecule has 4 heteroatoms. The third-order valence-corrected chi connectivity index (χ3v) is 3.56. The Morgan fingerprint density at radius 1 is 1.26 bits per heavy atom. The maximum absolute atomic E-state index is 10.5. The predicted molar refractivity (Wildman–Crippen MR) is 71.8 cm³/mol. The van der Waals surface area contributed by atoms with E-state index in [-0.39, 0.29) is 11.3 Å². The van der Waals surface area contributed by atoms with Gasteiger partial charge in [0.25, 0.3) is 0 Å². The second-order valence-electron chi connectivity index (χ2n) is 5.94. The van der Waals surface area contributed by atoms with Crippen molar-refractivity contribution >= 4 is 5.97 Å². The average Bonchev–Trinajstić information content (AvgIpc) is 2.34. The fraction of sp³-hybridized carbons (Fsp3) is 0.533. The second-order valence-corrected chi connectivity index (χ2v) is 5.94. The summed E-state index contributed by atoms with van der Waals surface area (Å²) < 4.78 is 0. The number of hydrogen-bond acceptors (Lipinski definition) is 2. The van der Waals surface area contributed by atoms with Crippen LogP contribution in [0.25, 0.3) is 0 Å². The highest BCUT2D eigenvalue weighted by molar-refractivity contribution is 5.87. The molecule has 0 aromatic heterocycles. The molecule has 106 valence electrons. The number of rotatable bonds is 1. The molecule has 0 radical (unpaired) electrons. The third-order valence-electron chi connectivity index (χ3n) is 3.56. The van der Waals surface area contributed by atoms with E-state index in [2.05, 4.69) is 19.6 Å². The SMILES string of the molecule is CC1(C)CCC([NH3+])CC1.O=C(O)c1ccc([O-])cc1. The fourth-order valence-corrected chi connectivity index (χ4v) is 2.06. The molecule has 1 aromatic carbocycles. The smallest absolute Gasteiger partial charge is 0.335 e. The largest absolute Gasteiger partial charge is 0.872 e. The summed E-state index contributed by atoms with van der Waals surface area (Å²) in [6, 6.07) is 5.76. The molecular weight excluding hydrogens is 242 g/mol. The van der Waals surface area contributed by atoms with Crippen molar-refractivity contribution in [1.29, 1.82) is 0 Å². The summed E-state index contributed by atoms with van der Waals surface area (Å²) >= 11 is 0. The topological polar surface area (TPSA) is 88.0 Å². The zero-order valence-corrected chi connectivity index (χ0v) is 11.7. The summed E-state index contributed by atoms with van der Waals surface area (Å²) in [6.07, 6.45) is 5.43. The number of hydrogen-bond donors (Lipinski definition) is 2. The first kappa shape index (κ1) is 15.5. The number of aromatic carboxylic acids is 1. The lowest BCUT2D eigenvalue weighted by Crippen LogP contribution is -2.62. The van der Waals surface area contributed by atoms with E-state index >= 15 is 0 Å².